The summed E-state index contributed by atoms with van der Waals surface area (Å²) in [7, 11) is 0. The Bertz CT molecular complexity index is 356. The van der Waals surface area contributed by atoms with Crippen molar-refractivity contribution in [3.8, 4) is 0 Å². The maximum Gasteiger partial charge on any atom is 0.320 e. The zero-order chi connectivity index (χ0) is 14.5. The fraction of sp³-hybridized carbons (Fsp3) is 0.846. The van der Waals surface area contributed by atoms with E-state index >= 15 is 0 Å². The average molecular weight is 285 g/mol. The Balaban J connectivity index is 1.84. The van der Waals surface area contributed by atoms with E-state index in [0.29, 0.717) is 39.1 Å². The highest BCUT2D eigenvalue weighted by Crippen LogP contribution is 2.18. The Morgan fingerprint density at radius 3 is 2.35 bits per heavy atom. The number of amides is 2. The van der Waals surface area contributed by atoms with E-state index in [1.807, 2.05) is 0 Å². The molecule has 2 fully saturated rings. The number of carbonyl (C=O) groups is 2. The predicted octanol–water partition coefficient (Wildman–Crippen LogP) is -0.487. The molecular formula is C13H23N3O4. The lowest BCUT2D eigenvalue weighted by molar-refractivity contribution is -0.143. The summed E-state index contributed by atoms with van der Waals surface area (Å²) >= 11 is 0. The van der Waals surface area contributed by atoms with Crippen molar-refractivity contribution in [3.63, 3.8) is 0 Å². The van der Waals surface area contributed by atoms with Gasteiger partial charge < -0.3 is 20.0 Å². The molecule has 2 amide bonds. The number of nitrogens with zero attached hydrogens (tertiary/aromatic N) is 3. The second-order valence-electron chi connectivity index (χ2n) is 5.46. The highest BCUT2D eigenvalue weighted by Gasteiger charge is 2.31. The van der Waals surface area contributed by atoms with Crippen LogP contribution in [0.25, 0.3) is 0 Å². The molecular weight excluding hydrogens is 262 g/mol. The van der Waals surface area contributed by atoms with Gasteiger partial charge >= 0.3 is 12.0 Å². The van der Waals surface area contributed by atoms with Gasteiger partial charge in [0.25, 0.3) is 0 Å². The molecule has 2 saturated heterocycles. The quantitative estimate of drug-likeness (QED) is 0.731. The molecule has 0 saturated carbocycles. The molecule has 0 radical (unpaired) electrons. The van der Waals surface area contributed by atoms with Crippen LogP contribution in [-0.4, -0.2) is 89.3 Å². The van der Waals surface area contributed by atoms with E-state index in [1.54, 1.807) is 9.80 Å². The third kappa shape index (κ3) is 3.61. The summed E-state index contributed by atoms with van der Waals surface area (Å²) in [5, 5.41) is 18.0. The molecule has 1 unspecified atom stereocenters. The van der Waals surface area contributed by atoms with Gasteiger partial charge in [0.15, 0.2) is 0 Å². The summed E-state index contributed by atoms with van der Waals surface area (Å²) in [6.45, 7) is 4.59. The van der Waals surface area contributed by atoms with Gasteiger partial charge in [-0.05, 0) is 12.8 Å². The molecule has 20 heavy (non-hydrogen) atoms. The summed E-state index contributed by atoms with van der Waals surface area (Å²) in [5.41, 5.74) is 0. The Morgan fingerprint density at radius 2 is 1.75 bits per heavy atom. The van der Waals surface area contributed by atoms with E-state index in [4.69, 9.17) is 10.2 Å². The maximum absolute atomic E-state index is 12.4. The first-order valence-electron chi connectivity index (χ1n) is 7.21. The number of carboxylic acids is 1. The zero-order valence-electron chi connectivity index (χ0n) is 11.7. The maximum atomic E-state index is 12.4. The van der Waals surface area contributed by atoms with Gasteiger partial charge in [0, 0.05) is 45.8 Å². The molecule has 114 valence electrons. The number of urea groups is 1. The van der Waals surface area contributed by atoms with Crippen LogP contribution < -0.4 is 0 Å². The Labute approximate surface area is 118 Å². The second-order valence-corrected chi connectivity index (χ2v) is 5.46. The van der Waals surface area contributed by atoms with Gasteiger partial charge in [-0.3, -0.25) is 9.69 Å². The van der Waals surface area contributed by atoms with Crippen molar-refractivity contribution in [1.29, 1.82) is 0 Å². The fourth-order valence-electron chi connectivity index (χ4n) is 2.86. The number of carboxylic acid groups (broad SMARTS) is 1. The van der Waals surface area contributed by atoms with Crippen molar-refractivity contribution in [2.24, 2.45) is 5.92 Å². The number of hydrogen-bond acceptors (Lipinski definition) is 4. The van der Waals surface area contributed by atoms with Gasteiger partial charge in [0.05, 0.1) is 12.5 Å². The average Bonchev–Trinajstić information content (AvgIpc) is 2.48. The summed E-state index contributed by atoms with van der Waals surface area (Å²) in [4.78, 5) is 29.0. The topological polar surface area (TPSA) is 84.3 Å². The first-order chi connectivity index (χ1) is 9.61. The van der Waals surface area contributed by atoms with Gasteiger partial charge in [0.2, 0.25) is 0 Å². The van der Waals surface area contributed by atoms with Crippen LogP contribution in [0.4, 0.5) is 4.79 Å². The van der Waals surface area contributed by atoms with Crippen LogP contribution in [0.1, 0.15) is 12.8 Å². The smallest absolute Gasteiger partial charge is 0.320 e. The number of aliphatic hydroxyl groups excluding tert-OH is 1. The molecule has 0 aromatic heterocycles. The molecule has 7 heteroatoms. The zero-order valence-corrected chi connectivity index (χ0v) is 11.7. The molecule has 0 aromatic rings. The molecule has 2 heterocycles. The van der Waals surface area contributed by atoms with Crippen LogP contribution in [0.2, 0.25) is 0 Å². The van der Waals surface area contributed by atoms with Crippen LogP contribution in [0, 0.1) is 5.92 Å². The van der Waals surface area contributed by atoms with Crippen molar-refractivity contribution in [3.05, 3.63) is 0 Å². The number of aliphatic carboxylic acids is 1. The number of hydrogen-bond donors (Lipinski definition) is 2. The molecule has 0 aromatic carbocycles. The third-order valence-electron chi connectivity index (χ3n) is 4.10. The summed E-state index contributed by atoms with van der Waals surface area (Å²) < 4.78 is 0. The minimum atomic E-state index is -0.810. The number of aliphatic hydroxyl groups is 1. The summed E-state index contributed by atoms with van der Waals surface area (Å²) in [6.07, 6.45) is 1.41. The lowest BCUT2D eigenvalue weighted by atomic mass is 9.98. The Kier molecular flexibility index (Phi) is 5.19. The van der Waals surface area contributed by atoms with E-state index in [9.17, 15) is 9.59 Å². The summed E-state index contributed by atoms with van der Waals surface area (Å²) in [5.74, 6) is -1.24. The summed E-state index contributed by atoms with van der Waals surface area (Å²) in [6, 6.07) is -0.0420. The number of rotatable bonds is 3. The molecule has 0 bridgehead atoms. The van der Waals surface area contributed by atoms with E-state index < -0.39 is 11.9 Å². The van der Waals surface area contributed by atoms with Crippen LogP contribution >= 0.6 is 0 Å². The highest BCUT2D eigenvalue weighted by molar-refractivity contribution is 5.76. The monoisotopic (exact) mass is 285 g/mol. The van der Waals surface area contributed by atoms with Crippen molar-refractivity contribution < 1.29 is 19.8 Å². The van der Waals surface area contributed by atoms with Gasteiger partial charge in [-0.25, -0.2) is 4.79 Å². The number of likely N-dealkylation sites (tertiary alicyclic amines) is 1. The van der Waals surface area contributed by atoms with Gasteiger partial charge in [-0.1, -0.05) is 0 Å². The van der Waals surface area contributed by atoms with Gasteiger partial charge in [-0.2, -0.15) is 0 Å². The van der Waals surface area contributed by atoms with Gasteiger partial charge in [0.1, 0.15) is 0 Å². The van der Waals surface area contributed by atoms with Crippen molar-refractivity contribution in [2.45, 2.75) is 12.8 Å². The fourth-order valence-corrected chi connectivity index (χ4v) is 2.86. The third-order valence-corrected chi connectivity index (χ3v) is 4.10. The normalized spacial score (nSPS) is 24.8. The molecule has 2 N–H and O–H groups in total. The van der Waals surface area contributed by atoms with Gasteiger partial charge in [-0.15, -0.1) is 0 Å². The van der Waals surface area contributed by atoms with E-state index in [0.717, 1.165) is 19.5 Å². The SMILES string of the molecule is O=C(O)C1CCCN(C(=O)N2CCN(CCO)CC2)C1. The lowest BCUT2D eigenvalue weighted by Gasteiger charge is -2.39. The largest absolute Gasteiger partial charge is 0.481 e. The standard InChI is InChI=1S/C13H23N3O4/c17-9-8-14-4-6-15(7-5-14)13(20)16-3-1-2-11(10-16)12(18)19/h11,17H,1-10H2,(H,18,19). The number of piperazine rings is 1. The molecule has 2 rings (SSSR count). The van der Waals surface area contributed by atoms with Crippen LogP contribution in [-0.2, 0) is 4.79 Å². The Morgan fingerprint density at radius 1 is 1.05 bits per heavy atom. The molecule has 0 aliphatic carbocycles. The number of carbonyl (C=O) groups excluding carboxylic acids is 1. The number of β-amino-alcohol motifs (C(OH)–C–C–N with tert-alkyl or cyclic N) is 1. The first-order valence-corrected chi connectivity index (χ1v) is 7.21. The lowest BCUT2D eigenvalue weighted by Crippen LogP contribution is -2.55. The number of piperidine rings is 1. The van der Waals surface area contributed by atoms with Crippen LogP contribution in [0.15, 0.2) is 0 Å². The highest BCUT2D eigenvalue weighted by atomic mass is 16.4. The molecule has 7 nitrogen and oxygen atoms in total. The van der Waals surface area contributed by atoms with E-state index in [2.05, 4.69) is 4.90 Å². The molecule has 2 aliphatic rings. The Hall–Kier alpha value is -1.34. The van der Waals surface area contributed by atoms with Crippen LogP contribution in [0.3, 0.4) is 0 Å². The first kappa shape index (κ1) is 15.1. The van der Waals surface area contributed by atoms with Crippen LogP contribution in [0.5, 0.6) is 0 Å². The molecule has 0 spiro atoms. The second kappa shape index (κ2) is 6.90. The van der Waals surface area contributed by atoms with Crippen molar-refractivity contribution in [1.82, 2.24) is 14.7 Å². The van der Waals surface area contributed by atoms with E-state index in [1.165, 1.54) is 0 Å². The van der Waals surface area contributed by atoms with Crippen molar-refractivity contribution >= 4 is 12.0 Å². The minimum Gasteiger partial charge on any atom is -0.481 e. The molecule has 1 atom stereocenters. The minimum absolute atomic E-state index is 0.0420. The molecule has 2 aliphatic heterocycles. The van der Waals surface area contributed by atoms with Crippen molar-refractivity contribution in [2.75, 3.05) is 52.4 Å². The predicted molar refractivity (Wildman–Crippen MR) is 72.4 cm³/mol. The van der Waals surface area contributed by atoms with E-state index in [-0.39, 0.29) is 12.6 Å².